The summed E-state index contributed by atoms with van der Waals surface area (Å²) in [6.45, 7) is 5.20. The van der Waals surface area contributed by atoms with Crippen molar-refractivity contribution >= 4 is 5.91 Å². The molecule has 2 heterocycles. The van der Waals surface area contributed by atoms with E-state index < -0.39 is 5.91 Å². The van der Waals surface area contributed by atoms with Crippen LogP contribution in [0.4, 0.5) is 0 Å². The van der Waals surface area contributed by atoms with Crippen molar-refractivity contribution in [1.29, 1.82) is 0 Å². The molecular formula is C13H20N4O2. The topological polar surface area (TPSA) is 73.4 Å². The molecule has 1 aromatic heterocycles. The van der Waals surface area contributed by atoms with Crippen LogP contribution in [0.25, 0.3) is 0 Å². The molecule has 0 bridgehead atoms. The molecule has 0 unspecified atom stereocenters. The highest BCUT2D eigenvalue weighted by molar-refractivity contribution is 5.90. The highest BCUT2D eigenvalue weighted by Crippen LogP contribution is 2.28. The average molecular weight is 264 g/mol. The molecule has 0 aromatic carbocycles. The molecule has 0 spiro atoms. The minimum Gasteiger partial charge on any atom is -0.380 e. The number of fused-ring (bicyclic) bond motifs is 1. The summed E-state index contributed by atoms with van der Waals surface area (Å²) in [5.74, 6) is 0.363. The van der Waals surface area contributed by atoms with Crippen LogP contribution >= 0.6 is 0 Å². The van der Waals surface area contributed by atoms with Crippen molar-refractivity contribution in [2.75, 3.05) is 26.3 Å². The van der Waals surface area contributed by atoms with E-state index in [1.165, 1.54) is 12.8 Å². The van der Waals surface area contributed by atoms with E-state index in [2.05, 4.69) is 10.00 Å². The van der Waals surface area contributed by atoms with Gasteiger partial charge in [-0.1, -0.05) is 0 Å². The van der Waals surface area contributed by atoms with Crippen molar-refractivity contribution in [2.24, 2.45) is 11.7 Å². The van der Waals surface area contributed by atoms with E-state index in [-0.39, 0.29) is 0 Å². The summed E-state index contributed by atoms with van der Waals surface area (Å²) >= 11 is 0. The summed E-state index contributed by atoms with van der Waals surface area (Å²) in [7, 11) is 0. The fourth-order valence-electron chi connectivity index (χ4n) is 2.36. The molecule has 1 aromatic rings. The number of carbonyl (C=O) groups is 1. The van der Waals surface area contributed by atoms with Crippen LogP contribution in [-0.4, -0.2) is 46.9 Å². The first-order valence-corrected chi connectivity index (χ1v) is 6.89. The Kier molecular flexibility index (Phi) is 3.52. The molecule has 1 saturated carbocycles. The van der Waals surface area contributed by atoms with E-state index in [1.54, 1.807) is 6.07 Å². The van der Waals surface area contributed by atoms with Gasteiger partial charge in [-0.25, -0.2) is 0 Å². The molecule has 0 radical (unpaired) electrons. The second kappa shape index (κ2) is 5.30. The molecule has 104 valence electrons. The van der Waals surface area contributed by atoms with Crippen LogP contribution < -0.4 is 5.73 Å². The fraction of sp³-hybridized carbons (Fsp3) is 0.692. The van der Waals surface area contributed by atoms with Crippen LogP contribution in [0.5, 0.6) is 0 Å². The van der Waals surface area contributed by atoms with Crippen LogP contribution in [0, 0.1) is 5.92 Å². The van der Waals surface area contributed by atoms with E-state index in [4.69, 9.17) is 10.5 Å². The maximum Gasteiger partial charge on any atom is 0.269 e. The second-order valence-electron chi connectivity index (χ2n) is 5.40. The Balaban J connectivity index is 1.48. The van der Waals surface area contributed by atoms with Crippen molar-refractivity contribution < 1.29 is 9.53 Å². The average Bonchev–Trinajstić information content (AvgIpc) is 3.11. The summed E-state index contributed by atoms with van der Waals surface area (Å²) in [5, 5.41) is 4.20. The van der Waals surface area contributed by atoms with E-state index in [1.807, 2.05) is 4.68 Å². The van der Waals surface area contributed by atoms with Gasteiger partial charge in [-0.2, -0.15) is 5.10 Å². The summed E-state index contributed by atoms with van der Waals surface area (Å²) in [4.78, 5) is 13.4. The minimum absolute atomic E-state index is 0.363. The normalized spacial score (nSPS) is 19.4. The van der Waals surface area contributed by atoms with Crippen LogP contribution in [0.2, 0.25) is 0 Å². The second-order valence-corrected chi connectivity index (χ2v) is 5.40. The van der Waals surface area contributed by atoms with Gasteiger partial charge in [0.15, 0.2) is 0 Å². The van der Waals surface area contributed by atoms with Gasteiger partial charge >= 0.3 is 0 Å². The number of rotatable bonds is 6. The van der Waals surface area contributed by atoms with Crippen molar-refractivity contribution in [1.82, 2.24) is 14.7 Å². The molecule has 6 heteroatoms. The third kappa shape index (κ3) is 3.13. The molecule has 3 rings (SSSR count). The number of nitrogens with two attached hydrogens (primary N) is 1. The quantitative estimate of drug-likeness (QED) is 0.746. The number of hydrogen-bond acceptors (Lipinski definition) is 4. The molecule has 2 aliphatic rings. The molecule has 1 amide bonds. The Morgan fingerprint density at radius 1 is 1.47 bits per heavy atom. The molecule has 1 aliphatic heterocycles. The van der Waals surface area contributed by atoms with Crippen molar-refractivity contribution in [3.05, 3.63) is 17.5 Å². The lowest BCUT2D eigenvalue weighted by atomic mass is 10.3. The summed E-state index contributed by atoms with van der Waals surface area (Å²) < 4.78 is 7.53. The molecule has 0 atom stereocenters. The maximum absolute atomic E-state index is 11.1. The molecule has 6 nitrogen and oxygen atoms in total. The molecule has 1 aliphatic carbocycles. The minimum atomic E-state index is -0.457. The number of hydrogen-bond donors (Lipinski definition) is 1. The molecule has 0 saturated heterocycles. The van der Waals surface area contributed by atoms with Gasteiger partial charge in [-0.05, 0) is 24.8 Å². The zero-order chi connectivity index (χ0) is 13.2. The standard InChI is InChI=1S/C13H20N4O2/c14-13(18)12-7-11-8-16(3-4-17(11)15-12)5-6-19-9-10-1-2-10/h7,10H,1-6,8-9H2,(H2,14,18). The first-order valence-electron chi connectivity index (χ1n) is 6.89. The number of carbonyl (C=O) groups excluding carboxylic acids is 1. The van der Waals surface area contributed by atoms with Crippen molar-refractivity contribution in [3.63, 3.8) is 0 Å². The van der Waals surface area contributed by atoms with Gasteiger partial charge in [-0.3, -0.25) is 14.4 Å². The van der Waals surface area contributed by atoms with E-state index in [0.29, 0.717) is 5.69 Å². The first kappa shape index (κ1) is 12.6. The number of primary amides is 1. The number of ether oxygens (including phenoxy) is 1. The van der Waals surface area contributed by atoms with Crippen molar-refractivity contribution in [3.8, 4) is 0 Å². The summed E-state index contributed by atoms with van der Waals surface area (Å²) in [6, 6.07) is 1.79. The Hall–Kier alpha value is -1.40. The zero-order valence-corrected chi connectivity index (χ0v) is 11.0. The predicted molar refractivity (Wildman–Crippen MR) is 69.6 cm³/mol. The zero-order valence-electron chi connectivity index (χ0n) is 11.0. The van der Waals surface area contributed by atoms with Crippen LogP contribution in [0.15, 0.2) is 6.07 Å². The monoisotopic (exact) mass is 264 g/mol. The largest absolute Gasteiger partial charge is 0.380 e. The lowest BCUT2D eigenvalue weighted by molar-refractivity contribution is 0.0863. The van der Waals surface area contributed by atoms with E-state index >= 15 is 0 Å². The van der Waals surface area contributed by atoms with Gasteiger partial charge in [-0.15, -0.1) is 0 Å². The summed E-state index contributed by atoms with van der Waals surface area (Å²) in [5.41, 5.74) is 6.66. The number of amides is 1. The lowest BCUT2D eigenvalue weighted by Gasteiger charge is -2.27. The third-order valence-corrected chi connectivity index (χ3v) is 3.73. The Bertz CT molecular complexity index is 467. The van der Waals surface area contributed by atoms with Crippen molar-refractivity contribution in [2.45, 2.75) is 25.9 Å². The molecule has 2 N–H and O–H groups in total. The van der Waals surface area contributed by atoms with E-state index in [9.17, 15) is 4.79 Å². The lowest BCUT2D eigenvalue weighted by Crippen LogP contribution is -2.36. The SMILES string of the molecule is NC(=O)c1cc2n(n1)CCN(CCOCC1CC1)C2. The molecule has 19 heavy (non-hydrogen) atoms. The van der Waals surface area contributed by atoms with E-state index in [0.717, 1.165) is 51.0 Å². The van der Waals surface area contributed by atoms with Gasteiger partial charge in [0.2, 0.25) is 0 Å². The highest BCUT2D eigenvalue weighted by Gasteiger charge is 2.22. The Morgan fingerprint density at radius 3 is 3.05 bits per heavy atom. The Labute approximate surface area is 112 Å². The fourth-order valence-corrected chi connectivity index (χ4v) is 2.36. The van der Waals surface area contributed by atoms with Gasteiger partial charge in [0.05, 0.1) is 18.8 Å². The number of aromatic nitrogens is 2. The first-order chi connectivity index (χ1) is 9.22. The third-order valence-electron chi connectivity index (χ3n) is 3.73. The van der Waals surface area contributed by atoms with Crippen LogP contribution in [-0.2, 0) is 17.8 Å². The maximum atomic E-state index is 11.1. The van der Waals surface area contributed by atoms with Crippen LogP contribution in [0.1, 0.15) is 29.0 Å². The van der Waals surface area contributed by atoms with Gasteiger partial charge < -0.3 is 10.5 Å². The predicted octanol–water partition coefficient (Wildman–Crippen LogP) is 0.224. The Morgan fingerprint density at radius 2 is 2.32 bits per heavy atom. The van der Waals surface area contributed by atoms with Gasteiger partial charge in [0.25, 0.3) is 5.91 Å². The van der Waals surface area contributed by atoms with Gasteiger partial charge in [0, 0.05) is 26.2 Å². The van der Waals surface area contributed by atoms with Gasteiger partial charge in [0.1, 0.15) is 5.69 Å². The molecule has 1 fully saturated rings. The molecular weight excluding hydrogens is 244 g/mol. The number of nitrogens with zero attached hydrogens (tertiary/aromatic N) is 3. The smallest absolute Gasteiger partial charge is 0.269 e. The summed E-state index contributed by atoms with van der Waals surface area (Å²) in [6.07, 6.45) is 2.66. The van der Waals surface area contributed by atoms with Crippen LogP contribution in [0.3, 0.4) is 0 Å². The highest BCUT2D eigenvalue weighted by atomic mass is 16.5.